The molecule has 3 aromatic rings. The Balaban J connectivity index is 1.99. The summed E-state index contributed by atoms with van der Waals surface area (Å²) in [6.45, 7) is 0. The lowest BCUT2D eigenvalue weighted by molar-refractivity contribution is 0.901. The summed E-state index contributed by atoms with van der Waals surface area (Å²) in [5.74, 6) is 0.753. The van der Waals surface area contributed by atoms with Crippen molar-refractivity contribution >= 4 is 22.9 Å². The predicted molar refractivity (Wildman–Crippen MR) is 71.7 cm³/mol. The molecule has 90 valence electrons. The Morgan fingerprint density at radius 1 is 1.22 bits per heavy atom. The quantitative estimate of drug-likeness (QED) is 0.769. The Morgan fingerprint density at radius 3 is 2.78 bits per heavy atom. The first-order valence-corrected chi connectivity index (χ1v) is 5.94. The van der Waals surface area contributed by atoms with Crippen LogP contribution in [0, 0.1) is 0 Å². The Labute approximate surface area is 109 Å². The molecule has 0 radical (unpaired) electrons. The molecule has 0 aliphatic heterocycles. The molecule has 3 rings (SSSR count). The third kappa shape index (κ3) is 2.02. The second kappa shape index (κ2) is 4.31. The summed E-state index contributed by atoms with van der Waals surface area (Å²) < 4.78 is 1.65. The fraction of sp³-hybridized carbons (Fsp3) is 0.0769. The van der Waals surface area contributed by atoms with Crippen LogP contribution in [0.5, 0.6) is 0 Å². The van der Waals surface area contributed by atoms with Gasteiger partial charge in [-0.15, -0.1) is 0 Å². The van der Waals surface area contributed by atoms with Crippen LogP contribution >= 0.6 is 11.6 Å². The Bertz CT molecular complexity index is 652. The van der Waals surface area contributed by atoms with Crippen LogP contribution < -0.4 is 5.73 Å². The van der Waals surface area contributed by atoms with Crippen LogP contribution in [0.15, 0.2) is 42.6 Å². The summed E-state index contributed by atoms with van der Waals surface area (Å²) in [5.41, 5.74) is 8.11. The van der Waals surface area contributed by atoms with Gasteiger partial charge in [-0.1, -0.05) is 41.9 Å². The number of nitrogen functional groups attached to an aromatic ring is 1. The van der Waals surface area contributed by atoms with E-state index in [4.69, 9.17) is 17.3 Å². The first-order chi connectivity index (χ1) is 8.72. The molecule has 0 saturated heterocycles. The van der Waals surface area contributed by atoms with E-state index in [2.05, 4.69) is 10.1 Å². The van der Waals surface area contributed by atoms with E-state index < -0.39 is 0 Å². The van der Waals surface area contributed by atoms with Crippen molar-refractivity contribution < 1.29 is 0 Å². The summed E-state index contributed by atoms with van der Waals surface area (Å²) in [4.78, 5) is 4.42. The maximum atomic E-state index is 5.95. The average molecular weight is 259 g/mol. The minimum Gasteiger partial charge on any atom is -0.396 e. The smallest absolute Gasteiger partial charge is 0.157 e. The number of pyridine rings is 1. The van der Waals surface area contributed by atoms with Gasteiger partial charge in [0.05, 0.1) is 16.9 Å². The number of fused-ring (bicyclic) bond motifs is 1. The highest BCUT2D eigenvalue weighted by Crippen LogP contribution is 2.19. The van der Waals surface area contributed by atoms with Crippen LogP contribution in [0.3, 0.4) is 0 Å². The van der Waals surface area contributed by atoms with E-state index in [9.17, 15) is 0 Å². The van der Waals surface area contributed by atoms with Gasteiger partial charge in [0.1, 0.15) is 0 Å². The van der Waals surface area contributed by atoms with Crippen molar-refractivity contribution in [2.45, 2.75) is 6.42 Å². The number of anilines is 1. The van der Waals surface area contributed by atoms with E-state index in [1.807, 2.05) is 30.3 Å². The van der Waals surface area contributed by atoms with E-state index >= 15 is 0 Å². The van der Waals surface area contributed by atoms with E-state index in [-0.39, 0.29) is 0 Å². The maximum absolute atomic E-state index is 5.95. The summed E-state index contributed by atoms with van der Waals surface area (Å²) in [5, 5.41) is 4.88. The van der Waals surface area contributed by atoms with E-state index in [0.717, 1.165) is 5.82 Å². The maximum Gasteiger partial charge on any atom is 0.157 e. The zero-order chi connectivity index (χ0) is 12.5. The number of hydrogen-bond donors (Lipinski definition) is 1. The lowest BCUT2D eigenvalue weighted by atomic mass is 10.1. The number of nitrogens with two attached hydrogens (primary N) is 1. The molecule has 4 nitrogen and oxygen atoms in total. The molecule has 0 unspecified atom stereocenters. The number of benzene rings is 1. The van der Waals surface area contributed by atoms with E-state index in [1.165, 1.54) is 5.56 Å². The Kier molecular flexibility index (Phi) is 2.64. The van der Waals surface area contributed by atoms with Gasteiger partial charge in [-0.2, -0.15) is 5.10 Å². The van der Waals surface area contributed by atoms with Crippen molar-refractivity contribution in [3.63, 3.8) is 0 Å². The first-order valence-electron chi connectivity index (χ1n) is 5.56. The van der Waals surface area contributed by atoms with Crippen molar-refractivity contribution in [1.82, 2.24) is 14.6 Å². The minimum absolute atomic E-state index is 0.500. The number of aromatic nitrogens is 3. The van der Waals surface area contributed by atoms with Crippen LogP contribution in [0.4, 0.5) is 5.69 Å². The number of rotatable bonds is 2. The zero-order valence-electron chi connectivity index (χ0n) is 9.55. The molecule has 18 heavy (non-hydrogen) atoms. The van der Waals surface area contributed by atoms with Crippen molar-refractivity contribution in [2.75, 3.05) is 5.73 Å². The van der Waals surface area contributed by atoms with E-state index in [1.54, 1.807) is 16.8 Å². The highest BCUT2D eigenvalue weighted by molar-refractivity contribution is 6.33. The number of halogens is 1. The van der Waals surface area contributed by atoms with Gasteiger partial charge < -0.3 is 5.73 Å². The third-order valence-corrected chi connectivity index (χ3v) is 3.03. The van der Waals surface area contributed by atoms with Crippen LogP contribution in [0.1, 0.15) is 11.4 Å². The third-order valence-electron chi connectivity index (χ3n) is 2.70. The molecular weight excluding hydrogens is 248 g/mol. The molecule has 0 amide bonds. The van der Waals surface area contributed by atoms with Gasteiger partial charge in [0.25, 0.3) is 0 Å². The van der Waals surface area contributed by atoms with Gasteiger partial charge in [0.15, 0.2) is 11.5 Å². The summed E-state index contributed by atoms with van der Waals surface area (Å²) in [6, 6.07) is 11.8. The van der Waals surface area contributed by atoms with Crippen LogP contribution in [-0.4, -0.2) is 14.6 Å². The highest BCUT2D eigenvalue weighted by Gasteiger charge is 2.07. The fourth-order valence-corrected chi connectivity index (χ4v) is 1.96. The van der Waals surface area contributed by atoms with Gasteiger partial charge in [-0.25, -0.2) is 9.50 Å². The molecule has 0 bridgehead atoms. The van der Waals surface area contributed by atoms with Crippen molar-refractivity contribution in [3.8, 4) is 0 Å². The van der Waals surface area contributed by atoms with Crippen LogP contribution in [0.2, 0.25) is 5.02 Å². The lowest BCUT2D eigenvalue weighted by Gasteiger charge is -1.96. The molecule has 1 aromatic carbocycles. The normalized spacial score (nSPS) is 10.9. The summed E-state index contributed by atoms with van der Waals surface area (Å²) in [7, 11) is 0. The van der Waals surface area contributed by atoms with Gasteiger partial charge in [0, 0.05) is 12.5 Å². The topological polar surface area (TPSA) is 56.2 Å². The van der Waals surface area contributed by atoms with Crippen LogP contribution in [0.25, 0.3) is 5.65 Å². The molecule has 5 heteroatoms. The molecule has 0 aliphatic rings. The molecule has 2 heterocycles. The van der Waals surface area contributed by atoms with Gasteiger partial charge >= 0.3 is 0 Å². The van der Waals surface area contributed by atoms with Crippen molar-refractivity contribution in [1.29, 1.82) is 0 Å². The van der Waals surface area contributed by atoms with Crippen molar-refractivity contribution in [3.05, 3.63) is 59.0 Å². The molecule has 0 spiro atoms. The van der Waals surface area contributed by atoms with Gasteiger partial charge in [-0.3, -0.25) is 0 Å². The molecule has 2 N–H and O–H groups in total. The summed E-state index contributed by atoms with van der Waals surface area (Å²) >= 11 is 5.95. The Morgan fingerprint density at radius 2 is 2.00 bits per heavy atom. The van der Waals surface area contributed by atoms with Gasteiger partial charge in [-0.05, 0) is 5.56 Å². The Hall–Kier alpha value is -2.07. The number of hydrogen-bond acceptors (Lipinski definition) is 3. The lowest BCUT2D eigenvalue weighted by Crippen LogP contribution is -1.94. The monoisotopic (exact) mass is 258 g/mol. The molecule has 0 atom stereocenters. The average Bonchev–Trinajstić information content (AvgIpc) is 2.72. The SMILES string of the molecule is Nc1cn2nc(Cc3ccccc3)nc2cc1Cl. The number of nitrogens with zero attached hydrogens (tertiary/aromatic N) is 3. The minimum atomic E-state index is 0.500. The fourth-order valence-electron chi connectivity index (χ4n) is 1.82. The molecule has 0 aliphatic carbocycles. The molecule has 2 aromatic heterocycles. The molecule has 0 fully saturated rings. The van der Waals surface area contributed by atoms with Gasteiger partial charge in [0.2, 0.25) is 0 Å². The second-order valence-electron chi connectivity index (χ2n) is 4.07. The molecular formula is C13H11ClN4. The largest absolute Gasteiger partial charge is 0.396 e. The second-order valence-corrected chi connectivity index (χ2v) is 4.48. The summed E-state index contributed by atoms with van der Waals surface area (Å²) in [6.07, 6.45) is 2.37. The van der Waals surface area contributed by atoms with Crippen LogP contribution in [-0.2, 0) is 6.42 Å². The zero-order valence-corrected chi connectivity index (χ0v) is 10.3. The predicted octanol–water partition coefficient (Wildman–Crippen LogP) is 2.56. The highest BCUT2D eigenvalue weighted by atomic mass is 35.5. The van der Waals surface area contributed by atoms with E-state index in [0.29, 0.717) is 22.8 Å². The molecule has 0 saturated carbocycles. The van der Waals surface area contributed by atoms with Crippen molar-refractivity contribution in [2.24, 2.45) is 0 Å². The standard InChI is InChI=1S/C13H11ClN4/c14-10-7-13-16-12(17-18(13)8-11(10)15)6-9-4-2-1-3-5-9/h1-5,7-8H,6,15H2. The first kappa shape index (κ1) is 11.0.